The van der Waals surface area contributed by atoms with Crippen LogP contribution in [0, 0.1) is 20.8 Å². The fraction of sp³-hybridized carbons (Fsp3) is 0.217. The predicted octanol–water partition coefficient (Wildman–Crippen LogP) is 5.20. The average Bonchev–Trinajstić information content (AvgIpc) is 2.64. The molecule has 0 aliphatic heterocycles. The van der Waals surface area contributed by atoms with Crippen molar-refractivity contribution < 1.29 is 8.42 Å². The molecule has 140 valence electrons. The fourth-order valence-electron chi connectivity index (χ4n) is 3.04. The zero-order valence-electron chi connectivity index (χ0n) is 16.0. The van der Waals surface area contributed by atoms with E-state index < -0.39 is 9.84 Å². The Morgan fingerprint density at radius 3 is 2.15 bits per heavy atom. The first-order valence-electron chi connectivity index (χ1n) is 9.03. The average molecular weight is 380 g/mol. The summed E-state index contributed by atoms with van der Waals surface area (Å²) in [6.07, 6.45) is 0. The number of aryl methyl sites for hydroxylation is 2. The van der Waals surface area contributed by atoms with E-state index in [0.717, 1.165) is 22.4 Å². The molecular formula is C23H25NO2S. The first kappa shape index (κ1) is 19.2. The van der Waals surface area contributed by atoms with Crippen LogP contribution in [0.2, 0.25) is 0 Å². The maximum absolute atomic E-state index is 12.8. The molecule has 0 saturated heterocycles. The molecule has 3 nitrogen and oxygen atoms in total. The molecule has 0 amide bonds. The lowest BCUT2D eigenvalue weighted by Crippen LogP contribution is -2.09. The highest BCUT2D eigenvalue weighted by molar-refractivity contribution is 7.90. The number of nitrogens with one attached hydrogen (secondary N) is 1. The van der Waals surface area contributed by atoms with Crippen LogP contribution in [0.4, 0.5) is 5.69 Å². The maximum Gasteiger partial charge on any atom is 0.182 e. The van der Waals surface area contributed by atoms with Crippen molar-refractivity contribution in [1.29, 1.82) is 0 Å². The molecule has 0 heterocycles. The van der Waals surface area contributed by atoms with Gasteiger partial charge < -0.3 is 5.32 Å². The lowest BCUT2D eigenvalue weighted by molar-refractivity contribution is 0.595. The summed E-state index contributed by atoms with van der Waals surface area (Å²) >= 11 is 0. The molecule has 1 N–H and O–H groups in total. The van der Waals surface area contributed by atoms with Gasteiger partial charge in [0.05, 0.1) is 10.6 Å². The Hall–Kier alpha value is -2.59. The number of benzene rings is 3. The Balaban J connectivity index is 1.81. The Labute approximate surface area is 162 Å². The number of hydrogen-bond donors (Lipinski definition) is 1. The monoisotopic (exact) mass is 379 g/mol. The summed E-state index contributed by atoms with van der Waals surface area (Å²) in [4.78, 5) is 0.366. The Morgan fingerprint density at radius 1 is 0.778 bits per heavy atom. The van der Waals surface area contributed by atoms with E-state index in [2.05, 4.69) is 25.2 Å². The van der Waals surface area contributed by atoms with E-state index in [4.69, 9.17) is 0 Å². The van der Waals surface area contributed by atoms with Gasteiger partial charge in [0.2, 0.25) is 0 Å². The number of rotatable bonds is 6. The minimum atomic E-state index is -3.38. The quantitative estimate of drug-likeness (QED) is 0.640. The summed E-state index contributed by atoms with van der Waals surface area (Å²) in [5.41, 5.74) is 6.39. The molecule has 0 spiro atoms. The second-order valence-corrected chi connectivity index (χ2v) is 8.93. The molecule has 3 aromatic carbocycles. The van der Waals surface area contributed by atoms with E-state index in [0.29, 0.717) is 11.4 Å². The van der Waals surface area contributed by atoms with Crippen LogP contribution in [0.15, 0.2) is 71.6 Å². The lowest BCUT2D eigenvalue weighted by Gasteiger charge is -2.14. The molecule has 0 saturated carbocycles. The van der Waals surface area contributed by atoms with Crippen LogP contribution < -0.4 is 5.32 Å². The summed E-state index contributed by atoms with van der Waals surface area (Å²) in [5, 5.41) is 3.45. The topological polar surface area (TPSA) is 46.2 Å². The molecule has 3 aromatic rings. The third-order valence-electron chi connectivity index (χ3n) is 4.92. The normalized spacial score (nSPS) is 11.4. The van der Waals surface area contributed by atoms with Crippen LogP contribution in [0.1, 0.15) is 27.8 Å². The molecule has 4 heteroatoms. The van der Waals surface area contributed by atoms with Gasteiger partial charge in [-0.2, -0.15) is 0 Å². The van der Waals surface area contributed by atoms with Crippen molar-refractivity contribution in [2.75, 3.05) is 5.32 Å². The summed E-state index contributed by atoms with van der Waals surface area (Å²) in [5.74, 6) is 0.000708. The number of anilines is 1. The van der Waals surface area contributed by atoms with Gasteiger partial charge in [0.25, 0.3) is 0 Å². The van der Waals surface area contributed by atoms with E-state index in [9.17, 15) is 8.42 Å². The molecule has 0 atom stereocenters. The first-order valence-corrected chi connectivity index (χ1v) is 10.7. The summed E-state index contributed by atoms with van der Waals surface area (Å²) in [7, 11) is -3.38. The van der Waals surface area contributed by atoms with Gasteiger partial charge in [0, 0.05) is 12.2 Å². The zero-order valence-corrected chi connectivity index (χ0v) is 16.8. The highest BCUT2D eigenvalue weighted by atomic mass is 32.2. The SMILES string of the molecule is Cc1ccc(S(=O)(=O)Cc2ccccc2CNc2cccc(C)c2C)cc1. The first-order chi connectivity index (χ1) is 12.9. The minimum absolute atomic E-state index is 0.000708. The predicted molar refractivity (Wildman–Crippen MR) is 112 cm³/mol. The van der Waals surface area contributed by atoms with E-state index >= 15 is 0 Å². The third kappa shape index (κ3) is 4.58. The maximum atomic E-state index is 12.8. The largest absolute Gasteiger partial charge is 0.381 e. The van der Waals surface area contributed by atoms with Crippen molar-refractivity contribution in [2.24, 2.45) is 0 Å². The van der Waals surface area contributed by atoms with Gasteiger partial charge in [-0.1, -0.05) is 54.1 Å². The molecule has 0 bridgehead atoms. The standard InChI is InChI=1S/C23H25NO2S/c1-17-11-13-22(14-12-17)27(25,26)16-21-9-5-4-8-20(21)15-24-23-10-6-7-18(2)19(23)3/h4-14,24H,15-16H2,1-3H3. The van der Waals surface area contributed by atoms with Crippen molar-refractivity contribution in [3.63, 3.8) is 0 Å². The Morgan fingerprint density at radius 2 is 1.44 bits per heavy atom. The van der Waals surface area contributed by atoms with E-state index in [1.165, 1.54) is 11.1 Å². The molecule has 0 radical (unpaired) electrons. The summed E-state index contributed by atoms with van der Waals surface area (Å²) in [6.45, 7) is 6.71. The zero-order chi connectivity index (χ0) is 19.4. The van der Waals surface area contributed by atoms with Crippen LogP contribution in [0.5, 0.6) is 0 Å². The minimum Gasteiger partial charge on any atom is -0.381 e. The number of hydrogen-bond acceptors (Lipinski definition) is 3. The molecule has 0 aromatic heterocycles. The Bertz CT molecular complexity index is 1040. The molecular weight excluding hydrogens is 354 g/mol. The Kier molecular flexibility index (Phi) is 5.66. The van der Waals surface area contributed by atoms with Crippen LogP contribution in [0.25, 0.3) is 0 Å². The van der Waals surface area contributed by atoms with Crippen LogP contribution in [-0.2, 0) is 22.1 Å². The van der Waals surface area contributed by atoms with Crippen molar-refractivity contribution in [2.45, 2.75) is 38.0 Å². The van der Waals surface area contributed by atoms with Gasteiger partial charge in [0.1, 0.15) is 0 Å². The van der Waals surface area contributed by atoms with Gasteiger partial charge in [0.15, 0.2) is 9.84 Å². The molecule has 27 heavy (non-hydrogen) atoms. The van der Waals surface area contributed by atoms with Crippen LogP contribution >= 0.6 is 0 Å². The fourth-order valence-corrected chi connectivity index (χ4v) is 4.45. The smallest absolute Gasteiger partial charge is 0.182 e. The molecule has 0 aliphatic carbocycles. The van der Waals surface area contributed by atoms with Crippen molar-refractivity contribution in [3.8, 4) is 0 Å². The van der Waals surface area contributed by atoms with Crippen molar-refractivity contribution >= 4 is 15.5 Å². The molecule has 0 unspecified atom stereocenters. The van der Waals surface area contributed by atoms with E-state index in [1.54, 1.807) is 12.1 Å². The molecule has 0 fully saturated rings. The second kappa shape index (κ2) is 7.97. The van der Waals surface area contributed by atoms with Crippen LogP contribution in [0.3, 0.4) is 0 Å². The number of sulfone groups is 1. The second-order valence-electron chi connectivity index (χ2n) is 6.94. The highest BCUT2D eigenvalue weighted by Gasteiger charge is 2.17. The van der Waals surface area contributed by atoms with E-state index in [1.807, 2.05) is 55.5 Å². The molecule has 3 rings (SSSR count). The van der Waals surface area contributed by atoms with Gasteiger partial charge >= 0.3 is 0 Å². The third-order valence-corrected chi connectivity index (χ3v) is 6.60. The summed E-state index contributed by atoms with van der Waals surface area (Å²) in [6, 6.07) is 20.9. The molecule has 0 aliphatic rings. The van der Waals surface area contributed by atoms with Crippen molar-refractivity contribution in [1.82, 2.24) is 0 Å². The van der Waals surface area contributed by atoms with Gasteiger partial charge in [-0.15, -0.1) is 0 Å². The van der Waals surface area contributed by atoms with Crippen LogP contribution in [-0.4, -0.2) is 8.42 Å². The van der Waals surface area contributed by atoms with Gasteiger partial charge in [-0.25, -0.2) is 8.42 Å². The van der Waals surface area contributed by atoms with E-state index in [-0.39, 0.29) is 5.75 Å². The highest BCUT2D eigenvalue weighted by Crippen LogP contribution is 2.22. The summed E-state index contributed by atoms with van der Waals surface area (Å²) < 4.78 is 25.6. The van der Waals surface area contributed by atoms with Crippen molar-refractivity contribution in [3.05, 3.63) is 94.5 Å². The van der Waals surface area contributed by atoms with Gasteiger partial charge in [-0.05, 0) is 61.2 Å². The lowest BCUT2D eigenvalue weighted by atomic mass is 10.1. The van der Waals surface area contributed by atoms with Gasteiger partial charge in [-0.3, -0.25) is 0 Å².